The SMILES string of the molecule is CNc1cn2ccnc2c(NC(C)CS(C)=O)n1. The van der Waals surface area contributed by atoms with Crippen LogP contribution in [0.15, 0.2) is 18.6 Å². The van der Waals surface area contributed by atoms with Crippen molar-refractivity contribution in [1.29, 1.82) is 0 Å². The molecule has 0 bridgehead atoms. The molecule has 0 aromatic carbocycles. The van der Waals surface area contributed by atoms with Gasteiger partial charge in [0.1, 0.15) is 5.82 Å². The zero-order valence-electron chi connectivity index (χ0n) is 10.7. The quantitative estimate of drug-likeness (QED) is 0.844. The largest absolute Gasteiger partial charge is 0.372 e. The topological polar surface area (TPSA) is 71.3 Å². The van der Waals surface area contributed by atoms with Gasteiger partial charge in [0.25, 0.3) is 0 Å². The summed E-state index contributed by atoms with van der Waals surface area (Å²) in [6.45, 7) is 1.98. The fraction of sp³-hybridized carbons (Fsp3) is 0.455. The van der Waals surface area contributed by atoms with Gasteiger partial charge in [-0.2, -0.15) is 0 Å². The molecule has 2 unspecified atom stereocenters. The molecule has 2 N–H and O–H groups in total. The van der Waals surface area contributed by atoms with Crippen LogP contribution < -0.4 is 10.6 Å². The molecule has 0 spiro atoms. The Morgan fingerprint density at radius 1 is 1.56 bits per heavy atom. The summed E-state index contributed by atoms with van der Waals surface area (Å²) in [5, 5.41) is 6.25. The number of imidazole rings is 1. The summed E-state index contributed by atoms with van der Waals surface area (Å²) in [6, 6.07) is 0.0796. The summed E-state index contributed by atoms with van der Waals surface area (Å²) in [4.78, 5) is 8.69. The van der Waals surface area contributed by atoms with Crippen molar-refractivity contribution in [3.63, 3.8) is 0 Å². The van der Waals surface area contributed by atoms with Crippen LogP contribution in [0.3, 0.4) is 0 Å². The molecule has 98 valence electrons. The fourth-order valence-electron chi connectivity index (χ4n) is 1.78. The summed E-state index contributed by atoms with van der Waals surface area (Å²) in [5.41, 5.74) is 0.766. The molecule has 0 saturated heterocycles. The number of fused-ring (bicyclic) bond motifs is 1. The molecule has 0 aliphatic carbocycles. The van der Waals surface area contributed by atoms with E-state index in [2.05, 4.69) is 20.6 Å². The molecule has 2 atom stereocenters. The summed E-state index contributed by atoms with van der Waals surface area (Å²) >= 11 is 0. The molecule has 0 saturated carbocycles. The second-order valence-corrected chi connectivity index (χ2v) is 5.65. The Kier molecular flexibility index (Phi) is 3.81. The minimum absolute atomic E-state index is 0.0796. The molecule has 2 aromatic rings. The van der Waals surface area contributed by atoms with Crippen LogP contribution in [0.5, 0.6) is 0 Å². The van der Waals surface area contributed by atoms with E-state index in [0.29, 0.717) is 11.6 Å². The lowest BCUT2D eigenvalue weighted by molar-refractivity contribution is 0.683. The van der Waals surface area contributed by atoms with E-state index >= 15 is 0 Å². The molecule has 6 nitrogen and oxygen atoms in total. The molecule has 2 heterocycles. The predicted octanol–water partition coefficient (Wildman–Crippen LogP) is 0.950. The lowest BCUT2D eigenvalue weighted by atomic mass is 10.4. The highest BCUT2D eigenvalue weighted by Crippen LogP contribution is 2.16. The molecule has 0 amide bonds. The molecule has 2 aromatic heterocycles. The molecule has 0 aliphatic heterocycles. The van der Waals surface area contributed by atoms with Crippen LogP contribution in [0.4, 0.5) is 11.6 Å². The number of nitrogens with zero attached hydrogens (tertiary/aromatic N) is 3. The third-order valence-electron chi connectivity index (χ3n) is 2.50. The minimum atomic E-state index is -0.834. The van der Waals surface area contributed by atoms with Crippen molar-refractivity contribution in [2.75, 3.05) is 29.7 Å². The highest BCUT2D eigenvalue weighted by Gasteiger charge is 2.10. The number of hydrogen-bond donors (Lipinski definition) is 2. The summed E-state index contributed by atoms with van der Waals surface area (Å²) < 4.78 is 13.1. The average molecular weight is 267 g/mol. The van der Waals surface area contributed by atoms with Crippen molar-refractivity contribution in [3.05, 3.63) is 18.6 Å². The van der Waals surface area contributed by atoms with Gasteiger partial charge >= 0.3 is 0 Å². The molecule has 7 heteroatoms. The van der Waals surface area contributed by atoms with E-state index in [1.54, 1.807) is 12.5 Å². The van der Waals surface area contributed by atoms with Crippen LogP contribution in [0, 0.1) is 0 Å². The van der Waals surface area contributed by atoms with Gasteiger partial charge in [-0.15, -0.1) is 0 Å². The Labute approximate surface area is 108 Å². The van der Waals surface area contributed by atoms with Gasteiger partial charge < -0.3 is 15.0 Å². The van der Waals surface area contributed by atoms with E-state index in [1.807, 2.05) is 30.8 Å². The molecule has 2 rings (SSSR count). The van der Waals surface area contributed by atoms with Gasteiger partial charge in [0.05, 0.1) is 6.20 Å². The first-order chi connectivity index (χ1) is 8.60. The maximum absolute atomic E-state index is 11.2. The van der Waals surface area contributed by atoms with Crippen molar-refractivity contribution < 1.29 is 4.21 Å². The molecule has 0 radical (unpaired) electrons. The highest BCUT2D eigenvalue weighted by atomic mass is 32.2. The summed E-state index contributed by atoms with van der Waals surface area (Å²) in [7, 11) is 0.985. The zero-order chi connectivity index (χ0) is 13.1. The van der Waals surface area contributed by atoms with Gasteiger partial charge in [0.15, 0.2) is 11.5 Å². The molecule has 18 heavy (non-hydrogen) atoms. The van der Waals surface area contributed by atoms with Crippen LogP contribution >= 0.6 is 0 Å². The maximum Gasteiger partial charge on any atom is 0.180 e. The van der Waals surface area contributed by atoms with Crippen LogP contribution in [0.1, 0.15) is 6.92 Å². The van der Waals surface area contributed by atoms with Crippen molar-refractivity contribution in [1.82, 2.24) is 14.4 Å². The first-order valence-electron chi connectivity index (χ1n) is 5.68. The molecular formula is C11H17N5OS. The first-order valence-corrected chi connectivity index (χ1v) is 7.41. The molecule has 0 fully saturated rings. The monoisotopic (exact) mass is 267 g/mol. The van der Waals surface area contributed by atoms with E-state index in [4.69, 9.17) is 0 Å². The number of hydrogen-bond acceptors (Lipinski definition) is 5. The summed E-state index contributed by atoms with van der Waals surface area (Å²) in [5.74, 6) is 2.04. The van der Waals surface area contributed by atoms with Crippen LogP contribution in [0.2, 0.25) is 0 Å². The van der Waals surface area contributed by atoms with Gasteiger partial charge in [-0.3, -0.25) is 4.21 Å². The third-order valence-corrected chi connectivity index (χ3v) is 3.47. The smallest absolute Gasteiger partial charge is 0.180 e. The van der Waals surface area contributed by atoms with E-state index in [-0.39, 0.29) is 6.04 Å². The van der Waals surface area contributed by atoms with E-state index in [9.17, 15) is 4.21 Å². The molecule has 0 aliphatic rings. The van der Waals surface area contributed by atoms with Gasteiger partial charge in [0.2, 0.25) is 0 Å². The Bertz CT molecular complexity index is 568. The van der Waals surface area contributed by atoms with Crippen LogP contribution in [-0.2, 0) is 10.8 Å². The van der Waals surface area contributed by atoms with Crippen molar-refractivity contribution >= 4 is 28.1 Å². The number of aromatic nitrogens is 3. The third kappa shape index (κ3) is 2.79. The predicted molar refractivity (Wildman–Crippen MR) is 74.6 cm³/mol. The lowest BCUT2D eigenvalue weighted by Gasteiger charge is -2.14. The van der Waals surface area contributed by atoms with Crippen LogP contribution in [-0.4, -0.2) is 43.7 Å². The first kappa shape index (κ1) is 12.8. The second kappa shape index (κ2) is 5.34. The van der Waals surface area contributed by atoms with Crippen molar-refractivity contribution in [3.8, 4) is 0 Å². The van der Waals surface area contributed by atoms with E-state index in [0.717, 1.165) is 11.5 Å². The Hall–Kier alpha value is -1.63. The minimum Gasteiger partial charge on any atom is -0.372 e. The normalized spacial score (nSPS) is 14.4. The summed E-state index contributed by atoms with van der Waals surface area (Å²) in [6.07, 6.45) is 7.16. The van der Waals surface area contributed by atoms with E-state index < -0.39 is 10.8 Å². The average Bonchev–Trinajstić information content (AvgIpc) is 2.75. The fourth-order valence-corrected chi connectivity index (χ4v) is 2.56. The van der Waals surface area contributed by atoms with Crippen LogP contribution in [0.25, 0.3) is 5.65 Å². The standard InChI is InChI=1S/C11H17N5OS/c1-8(7-18(3)17)14-10-11-13-4-5-16(11)6-9(12-2)15-10/h4-6,8,12H,7H2,1-3H3,(H,14,15). The number of rotatable bonds is 5. The maximum atomic E-state index is 11.2. The van der Waals surface area contributed by atoms with Crippen molar-refractivity contribution in [2.45, 2.75) is 13.0 Å². The number of nitrogens with one attached hydrogen (secondary N) is 2. The van der Waals surface area contributed by atoms with Gasteiger partial charge in [-0.1, -0.05) is 0 Å². The zero-order valence-corrected chi connectivity index (χ0v) is 11.5. The van der Waals surface area contributed by atoms with E-state index in [1.165, 1.54) is 0 Å². The Morgan fingerprint density at radius 3 is 3.00 bits per heavy atom. The Morgan fingerprint density at radius 2 is 2.33 bits per heavy atom. The van der Waals surface area contributed by atoms with Gasteiger partial charge in [-0.05, 0) is 6.92 Å². The van der Waals surface area contributed by atoms with Gasteiger partial charge in [-0.25, -0.2) is 9.97 Å². The number of anilines is 2. The molecular weight excluding hydrogens is 250 g/mol. The second-order valence-electron chi connectivity index (χ2n) is 4.17. The lowest BCUT2D eigenvalue weighted by Crippen LogP contribution is -2.23. The highest BCUT2D eigenvalue weighted by molar-refractivity contribution is 7.84. The van der Waals surface area contributed by atoms with Gasteiger partial charge in [0, 0.05) is 48.3 Å². The Balaban J connectivity index is 2.30. The van der Waals surface area contributed by atoms with Crippen molar-refractivity contribution in [2.24, 2.45) is 0 Å².